The van der Waals surface area contributed by atoms with E-state index in [1.165, 1.54) is 39.0 Å². The first-order chi connectivity index (χ1) is 6.40. The molecule has 2 aliphatic rings. The molecule has 0 radical (unpaired) electrons. The fourth-order valence-electron chi connectivity index (χ4n) is 2.09. The minimum atomic E-state index is 0.336. The van der Waals surface area contributed by atoms with Crippen LogP contribution in [-0.4, -0.2) is 60.3 Å². The van der Waals surface area contributed by atoms with Gasteiger partial charge in [-0.15, -0.1) is 0 Å². The maximum Gasteiger partial charge on any atom is 0.0443 e. The molecule has 2 fully saturated rings. The number of hydrogen-bond acceptors (Lipinski definition) is 3. The minimum Gasteiger partial charge on any atom is -0.396 e. The van der Waals surface area contributed by atoms with Crippen molar-refractivity contribution < 1.29 is 5.11 Å². The number of nitrogens with zero attached hydrogens (tertiary/aromatic N) is 2. The summed E-state index contributed by atoms with van der Waals surface area (Å²) in [7, 11) is 0. The zero-order valence-corrected chi connectivity index (χ0v) is 8.28. The van der Waals surface area contributed by atoms with Crippen LogP contribution in [0.5, 0.6) is 0 Å². The molecular weight excluding hydrogens is 164 g/mol. The zero-order chi connectivity index (χ0) is 9.10. The lowest BCUT2D eigenvalue weighted by Crippen LogP contribution is -2.47. The lowest BCUT2D eigenvalue weighted by molar-refractivity contribution is 0.119. The first-order valence-electron chi connectivity index (χ1n) is 5.47. The van der Waals surface area contributed by atoms with Gasteiger partial charge in [-0.3, -0.25) is 4.90 Å². The van der Waals surface area contributed by atoms with Gasteiger partial charge in [0.2, 0.25) is 0 Å². The molecule has 1 aliphatic carbocycles. The number of aliphatic hydroxyl groups excluding tert-OH is 1. The predicted octanol–water partition coefficient (Wildman–Crippen LogP) is 0.149. The number of aliphatic hydroxyl groups is 1. The van der Waals surface area contributed by atoms with Crippen molar-refractivity contribution in [3.05, 3.63) is 0 Å². The van der Waals surface area contributed by atoms with Gasteiger partial charge in [0.15, 0.2) is 0 Å². The first kappa shape index (κ1) is 9.44. The van der Waals surface area contributed by atoms with Crippen molar-refractivity contribution >= 4 is 0 Å². The molecule has 0 aromatic carbocycles. The maximum atomic E-state index is 8.71. The molecule has 1 heterocycles. The Morgan fingerprint density at radius 1 is 1.08 bits per heavy atom. The number of rotatable bonds is 4. The third-order valence-corrected chi connectivity index (χ3v) is 3.10. The normalized spacial score (nSPS) is 26.5. The second-order valence-electron chi connectivity index (χ2n) is 4.19. The van der Waals surface area contributed by atoms with E-state index < -0.39 is 0 Å². The van der Waals surface area contributed by atoms with Crippen molar-refractivity contribution in [3.63, 3.8) is 0 Å². The summed E-state index contributed by atoms with van der Waals surface area (Å²) in [6, 6.07) is 0.931. The van der Waals surface area contributed by atoms with Gasteiger partial charge < -0.3 is 10.0 Å². The van der Waals surface area contributed by atoms with E-state index in [1.807, 2.05) is 0 Å². The van der Waals surface area contributed by atoms with Crippen molar-refractivity contribution in [2.75, 3.05) is 39.3 Å². The van der Waals surface area contributed by atoms with Gasteiger partial charge in [0.25, 0.3) is 0 Å². The van der Waals surface area contributed by atoms with Crippen molar-refractivity contribution in [1.29, 1.82) is 0 Å². The molecule has 0 amide bonds. The Morgan fingerprint density at radius 3 is 2.31 bits per heavy atom. The fraction of sp³-hybridized carbons (Fsp3) is 1.00. The van der Waals surface area contributed by atoms with Crippen LogP contribution in [-0.2, 0) is 0 Å². The molecule has 13 heavy (non-hydrogen) atoms. The smallest absolute Gasteiger partial charge is 0.0443 e. The van der Waals surface area contributed by atoms with E-state index in [4.69, 9.17) is 5.11 Å². The summed E-state index contributed by atoms with van der Waals surface area (Å²) >= 11 is 0. The number of hydrogen-bond donors (Lipinski definition) is 1. The highest BCUT2D eigenvalue weighted by Gasteiger charge is 2.30. The van der Waals surface area contributed by atoms with Crippen LogP contribution in [0.25, 0.3) is 0 Å². The highest BCUT2D eigenvalue weighted by atomic mass is 16.3. The summed E-state index contributed by atoms with van der Waals surface area (Å²) in [5.74, 6) is 0. The second kappa shape index (κ2) is 4.40. The molecular formula is C10H20N2O. The van der Waals surface area contributed by atoms with Crippen LogP contribution in [0.1, 0.15) is 19.3 Å². The lowest BCUT2D eigenvalue weighted by atomic mass is 10.3. The Kier molecular flexibility index (Phi) is 3.19. The van der Waals surface area contributed by atoms with E-state index in [0.717, 1.165) is 19.0 Å². The summed E-state index contributed by atoms with van der Waals surface area (Å²) in [4.78, 5) is 5.09. The molecule has 0 aromatic rings. The maximum absolute atomic E-state index is 8.71. The van der Waals surface area contributed by atoms with Crippen molar-refractivity contribution in [2.45, 2.75) is 25.3 Å². The van der Waals surface area contributed by atoms with Crippen molar-refractivity contribution in [1.82, 2.24) is 9.80 Å². The number of piperazine rings is 1. The Morgan fingerprint density at radius 2 is 1.77 bits per heavy atom. The van der Waals surface area contributed by atoms with E-state index in [0.29, 0.717) is 6.61 Å². The zero-order valence-electron chi connectivity index (χ0n) is 8.28. The summed E-state index contributed by atoms with van der Waals surface area (Å²) < 4.78 is 0. The summed E-state index contributed by atoms with van der Waals surface area (Å²) in [6.45, 7) is 6.32. The molecule has 1 saturated carbocycles. The van der Waals surface area contributed by atoms with E-state index in [-0.39, 0.29) is 0 Å². The Bertz CT molecular complexity index is 151. The van der Waals surface area contributed by atoms with Crippen LogP contribution in [0.4, 0.5) is 0 Å². The van der Waals surface area contributed by atoms with Crippen molar-refractivity contribution in [2.24, 2.45) is 0 Å². The van der Waals surface area contributed by atoms with Gasteiger partial charge in [0.05, 0.1) is 0 Å². The van der Waals surface area contributed by atoms with E-state index in [9.17, 15) is 0 Å². The average molecular weight is 184 g/mol. The Hall–Kier alpha value is -0.120. The third kappa shape index (κ3) is 2.66. The molecule has 0 spiro atoms. The Labute approximate surface area is 80.3 Å². The van der Waals surface area contributed by atoms with Gasteiger partial charge in [-0.1, -0.05) is 0 Å². The lowest BCUT2D eigenvalue weighted by Gasteiger charge is -2.34. The highest BCUT2D eigenvalue weighted by molar-refractivity contribution is 4.87. The highest BCUT2D eigenvalue weighted by Crippen LogP contribution is 2.27. The van der Waals surface area contributed by atoms with Crippen LogP contribution in [0.15, 0.2) is 0 Å². The molecule has 3 heteroatoms. The molecule has 0 bridgehead atoms. The molecule has 76 valence electrons. The fourth-order valence-corrected chi connectivity index (χ4v) is 2.09. The van der Waals surface area contributed by atoms with Crippen LogP contribution < -0.4 is 0 Å². The molecule has 3 nitrogen and oxygen atoms in total. The standard InChI is InChI=1S/C10H20N2O/c13-9-1-4-11-5-7-12(8-6-11)10-2-3-10/h10,13H,1-9H2. The third-order valence-electron chi connectivity index (χ3n) is 3.10. The van der Waals surface area contributed by atoms with Gasteiger partial charge in [-0.25, -0.2) is 0 Å². The summed E-state index contributed by atoms with van der Waals surface area (Å²) in [5.41, 5.74) is 0. The second-order valence-corrected chi connectivity index (χ2v) is 4.19. The van der Waals surface area contributed by atoms with E-state index >= 15 is 0 Å². The summed E-state index contributed by atoms with van der Waals surface area (Å²) in [6.07, 6.45) is 3.79. The molecule has 1 aliphatic heterocycles. The van der Waals surface area contributed by atoms with Gasteiger partial charge >= 0.3 is 0 Å². The molecule has 1 saturated heterocycles. The van der Waals surface area contributed by atoms with Gasteiger partial charge in [-0.05, 0) is 19.3 Å². The minimum absolute atomic E-state index is 0.336. The van der Waals surface area contributed by atoms with Crippen LogP contribution in [0, 0.1) is 0 Å². The average Bonchev–Trinajstić information content (AvgIpc) is 2.99. The van der Waals surface area contributed by atoms with Crippen LogP contribution >= 0.6 is 0 Å². The molecule has 0 unspecified atom stereocenters. The van der Waals surface area contributed by atoms with Crippen molar-refractivity contribution in [3.8, 4) is 0 Å². The van der Waals surface area contributed by atoms with E-state index in [2.05, 4.69) is 9.80 Å². The monoisotopic (exact) mass is 184 g/mol. The largest absolute Gasteiger partial charge is 0.396 e. The Balaban J connectivity index is 1.63. The molecule has 1 N–H and O–H groups in total. The quantitative estimate of drug-likeness (QED) is 0.673. The van der Waals surface area contributed by atoms with Crippen LogP contribution in [0.3, 0.4) is 0 Å². The predicted molar refractivity (Wildman–Crippen MR) is 52.7 cm³/mol. The molecule has 0 atom stereocenters. The first-order valence-corrected chi connectivity index (χ1v) is 5.47. The topological polar surface area (TPSA) is 26.7 Å². The van der Waals surface area contributed by atoms with Crippen LogP contribution in [0.2, 0.25) is 0 Å². The van der Waals surface area contributed by atoms with Gasteiger partial charge in [0, 0.05) is 45.4 Å². The van der Waals surface area contributed by atoms with Gasteiger partial charge in [0.1, 0.15) is 0 Å². The SMILES string of the molecule is OCCCN1CCN(C2CC2)CC1. The molecule has 2 rings (SSSR count). The summed E-state index contributed by atoms with van der Waals surface area (Å²) in [5, 5.41) is 8.71. The van der Waals surface area contributed by atoms with Gasteiger partial charge in [-0.2, -0.15) is 0 Å². The van der Waals surface area contributed by atoms with E-state index in [1.54, 1.807) is 0 Å². The molecule has 0 aromatic heterocycles.